The number of aryl methyl sites for hydroxylation is 2. The van der Waals surface area contributed by atoms with Crippen molar-refractivity contribution in [3.63, 3.8) is 0 Å². The average Bonchev–Trinajstić information content (AvgIpc) is 2.09. The summed E-state index contributed by atoms with van der Waals surface area (Å²) in [6, 6.07) is 0. The van der Waals surface area contributed by atoms with Crippen LogP contribution in [-0.4, -0.2) is 14.6 Å². The van der Waals surface area contributed by atoms with Crippen LogP contribution in [0.5, 0.6) is 0 Å². The predicted octanol–water partition coefficient (Wildman–Crippen LogP) is 2.05. The van der Waals surface area contributed by atoms with Crippen LogP contribution in [-0.2, 0) is 13.5 Å². The van der Waals surface area contributed by atoms with Crippen LogP contribution < -0.4 is 0 Å². The molecule has 1 rings (SSSR count). The van der Waals surface area contributed by atoms with Crippen molar-refractivity contribution in [1.29, 1.82) is 0 Å². The standard InChI is InChI=1S/C8H13BrN2/c1-6-5-11(3)10-8(6)4-7(2)9/h5,7H,4H2,1-3H3. The maximum atomic E-state index is 4.34. The number of rotatable bonds is 2. The molecule has 0 spiro atoms. The van der Waals surface area contributed by atoms with Crippen LogP contribution >= 0.6 is 15.9 Å². The summed E-state index contributed by atoms with van der Waals surface area (Å²) in [4.78, 5) is 0.510. The van der Waals surface area contributed by atoms with Crippen molar-refractivity contribution in [2.24, 2.45) is 7.05 Å². The molecule has 1 aromatic rings. The highest BCUT2D eigenvalue weighted by Gasteiger charge is 2.05. The van der Waals surface area contributed by atoms with E-state index in [1.807, 2.05) is 17.9 Å². The average molecular weight is 217 g/mol. The number of hydrogen-bond acceptors (Lipinski definition) is 1. The van der Waals surface area contributed by atoms with E-state index < -0.39 is 0 Å². The topological polar surface area (TPSA) is 17.8 Å². The van der Waals surface area contributed by atoms with Crippen molar-refractivity contribution in [3.05, 3.63) is 17.5 Å². The Labute approximate surface area is 75.7 Å². The quantitative estimate of drug-likeness (QED) is 0.693. The molecule has 11 heavy (non-hydrogen) atoms. The molecule has 1 atom stereocenters. The van der Waals surface area contributed by atoms with E-state index in [9.17, 15) is 0 Å². The fraction of sp³-hybridized carbons (Fsp3) is 0.625. The van der Waals surface area contributed by atoms with Crippen LogP contribution in [0.4, 0.5) is 0 Å². The van der Waals surface area contributed by atoms with Gasteiger partial charge in [-0.25, -0.2) is 0 Å². The number of halogens is 1. The van der Waals surface area contributed by atoms with Gasteiger partial charge in [0.2, 0.25) is 0 Å². The summed E-state index contributed by atoms with van der Waals surface area (Å²) < 4.78 is 1.86. The molecule has 0 saturated heterocycles. The van der Waals surface area contributed by atoms with Crippen LogP contribution in [0.2, 0.25) is 0 Å². The summed E-state index contributed by atoms with van der Waals surface area (Å²) >= 11 is 3.51. The number of nitrogens with zero attached hydrogens (tertiary/aromatic N) is 2. The summed E-state index contributed by atoms with van der Waals surface area (Å²) in [5, 5.41) is 4.34. The van der Waals surface area contributed by atoms with Gasteiger partial charge in [0, 0.05) is 24.5 Å². The van der Waals surface area contributed by atoms with Gasteiger partial charge in [0.15, 0.2) is 0 Å². The second-order valence-electron chi connectivity index (χ2n) is 2.92. The zero-order valence-corrected chi connectivity index (χ0v) is 8.72. The fourth-order valence-electron chi connectivity index (χ4n) is 1.12. The van der Waals surface area contributed by atoms with Gasteiger partial charge in [-0.2, -0.15) is 5.10 Å². The minimum absolute atomic E-state index is 0.510. The monoisotopic (exact) mass is 216 g/mol. The molecular formula is C8H13BrN2. The zero-order chi connectivity index (χ0) is 8.43. The van der Waals surface area contributed by atoms with E-state index in [2.05, 4.69) is 34.9 Å². The highest BCUT2D eigenvalue weighted by Crippen LogP contribution is 2.11. The number of aromatic nitrogens is 2. The molecule has 0 saturated carbocycles. The van der Waals surface area contributed by atoms with E-state index in [0.29, 0.717) is 4.83 Å². The molecular weight excluding hydrogens is 204 g/mol. The Balaban J connectivity index is 2.77. The molecule has 1 aromatic heterocycles. The molecule has 0 radical (unpaired) electrons. The lowest BCUT2D eigenvalue weighted by Crippen LogP contribution is -1.99. The second kappa shape index (κ2) is 3.39. The molecule has 1 heterocycles. The third kappa shape index (κ3) is 2.33. The van der Waals surface area contributed by atoms with Gasteiger partial charge in [0.25, 0.3) is 0 Å². The Morgan fingerprint density at radius 2 is 2.36 bits per heavy atom. The zero-order valence-electron chi connectivity index (χ0n) is 7.13. The molecule has 3 heteroatoms. The van der Waals surface area contributed by atoms with Gasteiger partial charge in [0.05, 0.1) is 5.69 Å². The number of alkyl halides is 1. The lowest BCUT2D eigenvalue weighted by molar-refractivity contribution is 0.737. The lowest BCUT2D eigenvalue weighted by Gasteiger charge is -1.99. The molecule has 0 aromatic carbocycles. The Kier molecular flexibility index (Phi) is 2.71. The van der Waals surface area contributed by atoms with Gasteiger partial charge in [-0.1, -0.05) is 22.9 Å². The predicted molar refractivity (Wildman–Crippen MR) is 50.0 cm³/mol. The van der Waals surface area contributed by atoms with Gasteiger partial charge in [-0.05, 0) is 12.5 Å². The Morgan fingerprint density at radius 1 is 1.73 bits per heavy atom. The molecule has 0 N–H and O–H groups in total. The number of hydrogen-bond donors (Lipinski definition) is 0. The van der Waals surface area contributed by atoms with Gasteiger partial charge >= 0.3 is 0 Å². The Morgan fingerprint density at radius 3 is 2.73 bits per heavy atom. The highest BCUT2D eigenvalue weighted by atomic mass is 79.9. The molecule has 0 aliphatic heterocycles. The summed E-state index contributed by atoms with van der Waals surface area (Å²) in [7, 11) is 1.95. The fourth-order valence-corrected chi connectivity index (χ4v) is 1.43. The van der Waals surface area contributed by atoms with Gasteiger partial charge < -0.3 is 0 Å². The lowest BCUT2D eigenvalue weighted by atomic mass is 10.2. The SMILES string of the molecule is Cc1cn(C)nc1CC(C)Br. The Hall–Kier alpha value is -0.310. The molecule has 1 unspecified atom stereocenters. The summed E-state index contributed by atoms with van der Waals surface area (Å²) in [5.74, 6) is 0. The van der Waals surface area contributed by atoms with Gasteiger partial charge in [-0.3, -0.25) is 4.68 Å². The van der Waals surface area contributed by atoms with E-state index >= 15 is 0 Å². The summed E-state index contributed by atoms with van der Waals surface area (Å²) in [5.41, 5.74) is 2.47. The third-order valence-electron chi connectivity index (χ3n) is 1.59. The first-order chi connectivity index (χ1) is 5.09. The van der Waals surface area contributed by atoms with Crippen LogP contribution in [0.1, 0.15) is 18.2 Å². The molecule has 2 nitrogen and oxygen atoms in total. The van der Waals surface area contributed by atoms with E-state index in [1.165, 1.54) is 11.3 Å². The minimum Gasteiger partial charge on any atom is -0.275 e. The maximum Gasteiger partial charge on any atom is 0.0664 e. The van der Waals surface area contributed by atoms with Crippen molar-refractivity contribution in [2.75, 3.05) is 0 Å². The Bertz CT molecular complexity index is 240. The van der Waals surface area contributed by atoms with E-state index in [0.717, 1.165) is 6.42 Å². The molecule has 0 aliphatic carbocycles. The van der Waals surface area contributed by atoms with Gasteiger partial charge in [0.1, 0.15) is 0 Å². The van der Waals surface area contributed by atoms with E-state index in [4.69, 9.17) is 0 Å². The highest BCUT2D eigenvalue weighted by molar-refractivity contribution is 9.09. The van der Waals surface area contributed by atoms with Crippen molar-refractivity contribution in [2.45, 2.75) is 25.1 Å². The van der Waals surface area contributed by atoms with Crippen molar-refractivity contribution in [1.82, 2.24) is 9.78 Å². The van der Waals surface area contributed by atoms with Crippen molar-refractivity contribution < 1.29 is 0 Å². The largest absolute Gasteiger partial charge is 0.275 e. The van der Waals surface area contributed by atoms with E-state index in [-0.39, 0.29) is 0 Å². The first-order valence-electron chi connectivity index (χ1n) is 3.73. The second-order valence-corrected chi connectivity index (χ2v) is 4.48. The third-order valence-corrected chi connectivity index (χ3v) is 1.91. The maximum absolute atomic E-state index is 4.34. The summed E-state index contributed by atoms with van der Waals surface area (Å²) in [6.45, 7) is 4.23. The van der Waals surface area contributed by atoms with Crippen molar-refractivity contribution in [3.8, 4) is 0 Å². The first kappa shape index (κ1) is 8.78. The molecule has 0 amide bonds. The van der Waals surface area contributed by atoms with Crippen LogP contribution in [0.15, 0.2) is 6.20 Å². The van der Waals surface area contributed by atoms with E-state index in [1.54, 1.807) is 0 Å². The molecule has 62 valence electrons. The minimum atomic E-state index is 0.510. The van der Waals surface area contributed by atoms with Gasteiger partial charge in [-0.15, -0.1) is 0 Å². The first-order valence-corrected chi connectivity index (χ1v) is 4.64. The molecule has 0 fully saturated rings. The summed E-state index contributed by atoms with van der Waals surface area (Å²) in [6.07, 6.45) is 3.05. The smallest absolute Gasteiger partial charge is 0.0664 e. The van der Waals surface area contributed by atoms with Crippen LogP contribution in [0.3, 0.4) is 0 Å². The normalized spacial score (nSPS) is 13.5. The van der Waals surface area contributed by atoms with Crippen LogP contribution in [0, 0.1) is 6.92 Å². The molecule has 0 bridgehead atoms. The van der Waals surface area contributed by atoms with Crippen LogP contribution in [0.25, 0.3) is 0 Å². The van der Waals surface area contributed by atoms with Crippen molar-refractivity contribution >= 4 is 15.9 Å². The molecule has 0 aliphatic rings.